The maximum absolute atomic E-state index is 14.1. The summed E-state index contributed by atoms with van der Waals surface area (Å²) in [7, 11) is 0. The molecule has 0 spiro atoms. The number of nitrogens with one attached hydrogen (secondary N) is 1. The van der Waals surface area contributed by atoms with Gasteiger partial charge in [-0.1, -0.05) is 63.4 Å². The number of carbonyl (C=O) groups is 2. The quantitative estimate of drug-likeness (QED) is 0.682. The van der Waals surface area contributed by atoms with Crippen LogP contribution in [0.15, 0.2) is 42.5 Å². The van der Waals surface area contributed by atoms with Crippen LogP contribution in [0.3, 0.4) is 0 Å². The van der Waals surface area contributed by atoms with Crippen LogP contribution in [0.2, 0.25) is 0 Å². The molecular formula is C24H31FN2O2. The molecule has 4 nitrogen and oxygen atoms in total. The molecule has 156 valence electrons. The van der Waals surface area contributed by atoms with Gasteiger partial charge in [0.2, 0.25) is 0 Å². The number of hydrogen-bond donors (Lipinski definition) is 1. The van der Waals surface area contributed by atoms with E-state index in [4.69, 9.17) is 0 Å². The first-order valence-corrected chi connectivity index (χ1v) is 10.0. The first kappa shape index (κ1) is 22.6. The van der Waals surface area contributed by atoms with Gasteiger partial charge < -0.3 is 0 Å². The molecule has 1 atom stereocenters. The molecule has 2 aromatic rings. The molecule has 2 aromatic carbocycles. The van der Waals surface area contributed by atoms with Gasteiger partial charge in [0, 0.05) is 5.56 Å². The number of halogens is 1. The molecule has 0 aliphatic heterocycles. The van der Waals surface area contributed by atoms with Crippen LogP contribution in [0.4, 0.5) is 4.39 Å². The van der Waals surface area contributed by atoms with Crippen molar-refractivity contribution in [2.24, 2.45) is 5.41 Å². The van der Waals surface area contributed by atoms with E-state index in [-0.39, 0.29) is 22.9 Å². The second-order valence-electron chi connectivity index (χ2n) is 8.64. The fourth-order valence-corrected chi connectivity index (χ4v) is 3.55. The Morgan fingerprint density at radius 3 is 2.17 bits per heavy atom. The van der Waals surface area contributed by atoms with Crippen LogP contribution < -0.4 is 5.43 Å². The van der Waals surface area contributed by atoms with Gasteiger partial charge in [-0.05, 0) is 49.9 Å². The van der Waals surface area contributed by atoms with Crippen LogP contribution in [0.1, 0.15) is 72.4 Å². The van der Waals surface area contributed by atoms with E-state index in [0.717, 1.165) is 17.5 Å². The van der Waals surface area contributed by atoms with Crippen molar-refractivity contribution in [3.63, 3.8) is 0 Å². The number of amides is 2. The van der Waals surface area contributed by atoms with Crippen molar-refractivity contribution in [2.75, 3.05) is 0 Å². The molecule has 1 N–H and O–H groups in total. The van der Waals surface area contributed by atoms with E-state index in [0.29, 0.717) is 12.0 Å². The minimum atomic E-state index is -0.633. The Hall–Kier alpha value is -2.69. The minimum absolute atomic E-state index is 0.0881. The molecule has 2 rings (SSSR count). The highest BCUT2D eigenvalue weighted by molar-refractivity contribution is 5.99. The molecule has 0 aliphatic rings. The van der Waals surface area contributed by atoms with Crippen LogP contribution in [0.25, 0.3) is 0 Å². The van der Waals surface area contributed by atoms with Crippen molar-refractivity contribution in [2.45, 2.75) is 60.4 Å². The number of hydrogen-bond acceptors (Lipinski definition) is 2. The van der Waals surface area contributed by atoms with Crippen LogP contribution >= 0.6 is 0 Å². The van der Waals surface area contributed by atoms with Crippen LogP contribution in [0, 0.1) is 25.1 Å². The lowest BCUT2D eigenvalue weighted by molar-refractivity contribution is 0.0269. The Labute approximate surface area is 173 Å². The highest BCUT2D eigenvalue weighted by atomic mass is 19.1. The topological polar surface area (TPSA) is 49.4 Å². The number of rotatable bonds is 5. The summed E-state index contributed by atoms with van der Waals surface area (Å²) in [5.74, 6) is -1.55. The predicted molar refractivity (Wildman–Crippen MR) is 114 cm³/mol. The van der Waals surface area contributed by atoms with Gasteiger partial charge in [0.25, 0.3) is 11.8 Å². The SMILES string of the molecule is CCC[C@H](N(NC(=O)c1ccccc1F)C(=O)c1cc(C)cc(C)c1)C(C)(C)C. The molecule has 29 heavy (non-hydrogen) atoms. The van der Waals surface area contributed by atoms with Gasteiger partial charge in [0.1, 0.15) is 5.82 Å². The maximum atomic E-state index is 14.1. The summed E-state index contributed by atoms with van der Waals surface area (Å²) in [6.45, 7) is 12.0. The minimum Gasteiger partial charge on any atom is -0.267 e. The second-order valence-corrected chi connectivity index (χ2v) is 8.64. The fourth-order valence-electron chi connectivity index (χ4n) is 3.55. The average Bonchev–Trinajstić information content (AvgIpc) is 2.62. The molecule has 0 radical (unpaired) electrons. The second kappa shape index (κ2) is 9.21. The standard InChI is InChI=1S/C24H31FN2O2/c1-7-10-21(24(4,5)6)27(23(29)18-14-16(2)13-17(3)15-18)26-22(28)19-11-8-9-12-20(19)25/h8-9,11-15,21H,7,10H2,1-6H3,(H,26,28)/t21-/m0/s1. The van der Waals surface area contributed by atoms with Gasteiger partial charge in [-0.15, -0.1) is 0 Å². The summed E-state index contributed by atoms with van der Waals surface area (Å²) in [6, 6.07) is 11.1. The third-order valence-electron chi connectivity index (χ3n) is 4.90. The highest BCUT2D eigenvalue weighted by Gasteiger charge is 2.35. The fraction of sp³-hybridized carbons (Fsp3) is 0.417. The van der Waals surface area contributed by atoms with Crippen LogP contribution in [-0.2, 0) is 0 Å². The third-order valence-corrected chi connectivity index (χ3v) is 4.90. The summed E-state index contributed by atoms with van der Waals surface area (Å²) in [4.78, 5) is 26.3. The van der Waals surface area contributed by atoms with Crippen molar-refractivity contribution >= 4 is 11.8 Å². The van der Waals surface area contributed by atoms with Crippen molar-refractivity contribution in [3.05, 3.63) is 70.5 Å². The Balaban J connectivity index is 2.48. The van der Waals surface area contributed by atoms with Crippen molar-refractivity contribution < 1.29 is 14.0 Å². The smallest absolute Gasteiger partial charge is 0.267 e. The molecule has 0 fully saturated rings. The zero-order valence-corrected chi connectivity index (χ0v) is 18.2. The van der Waals surface area contributed by atoms with Gasteiger partial charge >= 0.3 is 0 Å². The van der Waals surface area contributed by atoms with Crippen LogP contribution in [0.5, 0.6) is 0 Å². The number of aryl methyl sites for hydroxylation is 2. The summed E-state index contributed by atoms with van der Waals surface area (Å²) in [6.07, 6.45) is 1.55. The lowest BCUT2D eigenvalue weighted by Crippen LogP contribution is -2.56. The molecule has 0 aliphatic carbocycles. The van der Waals surface area contributed by atoms with E-state index in [1.165, 1.54) is 23.2 Å². The number of hydrazine groups is 1. The van der Waals surface area contributed by atoms with Gasteiger partial charge in [-0.25, -0.2) is 9.40 Å². The van der Waals surface area contributed by atoms with E-state index in [2.05, 4.69) is 5.43 Å². The number of benzene rings is 2. The molecule has 0 unspecified atom stereocenters. The lowest BCUT2D eigenvalue weighted by atomic mass is 9.83. The molecule has 5 heteroatoms. The van der Waals surface area contributed by atoms with Crippen molar-refractivity contribution in [1.29, 1.82) is 0 Å². The summed E-state index contributed by atoms with van der Waals surface area (Å²) >= 11 is 0. The Bertz CT molecular complexity index is 866. The van der Waals surface area contributed by atoms with Crippen LogP contribution in [-0.4, -0.2) is 22.9 Å². The zero-order chi connectivity index (χ0) is 21.8. The molecule has 0 heterocycles. The van der Waals surface area contributed by atoms with Crippen molar-refractivity contribution in [1.82, 2.24) is 10.4 Å². The summed E-state index contributed by atoms with van der Waals surface area (Å²) in [5.41, 5.74) is 4.77. The molecule has 2 amide bonds. The lowest BCUT2D eigenvalue weighted by Gasteiger charge is -2.40. The molecule has 0 bridgehead atoms. The molecule has 0 aromatic heterocycles. The van der Waals surface area contributed by atoms with Gasteiger partial charge in [0.05, 0.1) is 11.6 Å². The Morgan fingerprint density at radius 2 is 1.66 bits per heavy atom. The van der Waals surface area contributed by atoms with Crippen molar-refractivity contribution in [3.8, 4) is 0 Å². The molecule has 0 saturated heterocycles. The van der Waals surface area contributed by atoms with Gasteiger partial charge in [-0.2, -0.15) is 0 Å². The number of carbonyl (C=O) groups excluding carboxylic acids is 2. The van der Waals surface area contributed by atoms with E-state index in [1.54, 1.807) is 6.07 Å². The third kappa shape index (κ3) is 5.66. The van der Waals surface area contributed by atoms with E-state index >= 15 is 0 Å². The largest absolute Gasteiger partial charge is 0.272 e. The molecule has 0 saturated carbocycles. The Morgan fingerprint density at radius 1 is 1.07 bits per heavy atom. The first-order valence-electron chi connectivity index (χ1n) is 10.0. The average molecular weight is 399 g/mol. The maximum Gasteiger partial charge on any atom is 0.272 e. The van der Waals surface area contributed by atoms with Gasteiger partial charge in [-0.3, -0.25) is 15.0 Å². The normalized spacial score (nSPS) is 12.4. The Kier molecular flexibility index (Phi) is 7.17. The van der Waals surface area contributed by atoms with E-state index in [1.807, 2.05) is 59.7 Å². The van der Waals surface area contributed by atoms with E-state index < -0.39 is 11.7 Å². The highest BCUT2D eigenvalue weighted by Crippen LogP contribution is 2.29. The predicted octanol–water partition coefficient (Wildman–Crippen LogP) is 5.44. The van der Waals surface area contributed by atoms with Gasteiger partial charge in [0.15, 0.2) is 0 Å². The molecular weight excluding hydrogens is 367 g/mol. The first-order chi connectivity index (χ1) is 13.5. The summed E-state index contributed by atoms with van der Waals surface area (Å²) in [5, 5.41) is 1.40. The monoisotopic (exact) mass is 398 g/mol. The zero-order valence-electron chi connectivity index (χ0n) is 18.2. The summed E-state index contributed by atoms with van der Waals surface area (Å²) < 4.78 is 14.1. The number of nitrogens with zero attached hydrogens (tertiary/aromatic N) is 1. The van der Waals surface area contributed by atoms with E-state index in [9.17, 15) is 14.0 Å².